The number of hydrogen-bond acceptors (Lipinski definition) is 6. The maximum absolute atomic E-state index is 13.2. The molecule has 9 heteroatoms. The highest BCUT2D eigenvalue weighted by molar-refractivity contribution is 6.11. The molecular weight excluding hydrogens is 438 g/mol. The van der Waals surface area contributed by atoms with E-state index in [1.54, 1.807) is 54.6 Å². The van der Waals surface area contributed by atoms with Crippen molar-refractivity contribution in [2.75, 3.05) is 5.32 Å². The van der Waals surface area contributed by atoms with E-state index in [1.165, 1.54) is 6.07 Å². The van der Waals surface area contributed by atoms with Crippen LogP contribution in [-0.4, -0.2) is 28.1 Å². The van der Waals surface area contributed by atoms with Crippen molar-refractivity contribution in [1.29, 1.82) is 0 Å². The first-order chi connectivity index (χ1) is 16.3. The molecule has 168 valence electrons. The second kappa shape index (κ2) is 9.21. The first-order valence-corrected chi connectivity index (χ1v) is 9.96. The van der Waals surface area contributed by atoms with Crippen LogP contribution in [-0.2, 0) is 0 Å². The van der Waals surface area contributed by atoms with Crippen molar-refractivity contribution in [2.45, 2.75) is 0 Å². The fraction of sp³-hybridized carbons (Fsp3) is 0. The number of nitrogens with one attached hydrogen (secondary N) is 1. The molecule has 0 fully saturated rings. The molecular formula is C25H16N3O6-. The molecule has 0 aliphatic rings. The van der Waals surface area contributed by atoms with E-state index in [0.29, 0.717) is 16.5 Å². The summed E-state index contributed by atoms with van der Waals surface area (Å²) in [5, 5.41) is 43.3. The molecule has 1 amide bonds. The van der Waals surface area contributed by atoms with E-state index >= 15 is 0 Å². The fourth-order valence-corrected chi connectivity index (χ4v) is 3.32. The van der Waals surface area contributed by atoms with E-state index in [0.717, 1.165) is 18.2 Å². The van der Waals surface area contributed by atoms with E-state index in [2.05, 4.69) is 15.5 Å². The average molecular weight is 454 g/mol. The van der Waals surface area contributed by atoms with Crippen molar-refractivity contribution in [3.05, 3.63) is 95.6 Å². The van der Waals surface area contributed by atoms with Crippen LogP contribution in [0.4, 0.5) is 17.1 Å². The quantitative estimate of drug-likeness (QED) is 0.350. The third-order valence-electron chi connectivity index (χ3n) is 4.93. The predicted octanol–water partition coefficient (Wildman–Crippen LogP) is 4.98. The van der Waals surface area contributed by atoms with Gasteiger partial charge in [0.15, 0.2) is 0 Å². The Labute approximate surface area is 192 Å². The molecule has 3 N–H and O–H groups in total. The van der Waals surface area contributed by atoms with Gasteiger partial charge in [-0.1, -0.05) is 48.2 Å². The first kappa shape index (κ1) is 22.2. The molecule has 0 saturated heterocycles. The summed E-state index contributed by atoms with van der Waals surface area (Å²) in [7, 11) is 0. The molecule has 4 rings (SSSR count). The molecule has 0 aliphatic heterocycles. The Morgan fingerprint density at radius 3 is 2.03 bits per heavy atom. The number of nitrogens with zero attached hydrogens (tertiary/aromatic N) is 2. The van der Waals surface area contributed by atoms with Gasteiger partial charge in [0.25, 0.3) is 5.91 Å². The number of anilines is 1. The number of aromatic carboxylic acids is 2. The molecule has 0 aliphatic carbocycles. The molecule has 0 atom stereocenters. The Morgan fingerprint density at radius 1 is 0.765 bits per heavy atom. The summed E-state index contributed by atoms with van der Waals surface area (Å²) in [6, 6.07) is 20.1. The Morgan fingerprint density at radius 2 is 1.38 bits per heavy atom. The fourth-order valence-electron chi connectivity index (χ4n) is 3.32. The largest absolute Gasteiger partial charge is 0.870 e. The SMILES string of the molecule is O=C(O)c1cc(N=Nc2c([O-])c(C(=O)Nc3ccccc3)cc3ccccc23)cc(C(=O)O)c1. The number of para-hydroxylation sites is 1. The van der Waals surface area contributed by atoms with Gasteiger partial charge in [-0.25, -0.2) is 9.59 Å². The number of carboxylic acid groups (broad SMARTS) is 2. The van der Waals surface area contributed by atoms with E-state index in [9.17, 15) is 29.7 Å². The summed E-state index contributed by atoms with van der Waals surface area (Å²) in [5.74, 6) is -3.98. The van der Waals surface area contributed by atoms with Crippen molar-refractivity contribution >= 4 is 45.7 Å². The van der Waals surface area contributed by atoms with Gasteiger partial charge in [-0.05, 0) is 41.8 Å². The van der Waals surface area contributed by atoms with Crippen LogP contribution in [0.1, 0.15) is 31.1 Å². The Balaban J connectivity index is 1.80. The first-order valence-electron chi connectivity index (χ1n) is 9.96. The molecule has 34 heavy (non-hydrogen) atoms. The van der Waals surface area contributed by atoms with Crippen molar-refractivity contribution < 1.29 is 29.7 Å². The van der Waals surface area contributed by atoms with E-state index in [-0.39, 0.29) is 28.1 Å². The van der Waals surface area contributed by atoms with Gasteiger partial charge in [0.2, 0.25) is 0 Å². The molecule has 0 bridgehead atoms. The molecule has 0 unspecified atom stereocenters. The van der Waals surface area contributed by atoms with Gasteiger partial charge >= 0.3 is 11.9 Å². The van der Waals surface area contributed by atoms with Gasteiger partial charge in [0, 0.05) is 16.6 Å². The minimum absolute atomic E-state index is 0.0695. The third kappa shape index (κ3) is 4.58. The number of amides is 1. The molecule has 0 radical (unpaired) electrons. The lowest BCUT2D eigenvalue weighted by Gasteiger charge is -2.18. The monoisotopic (exact) mass is 454 g/mol. The zero-order chi connectivity index (χ0) is 24.2. The van der Waals surface area contributed by atoms with Crippen LogP contribution in [0.5, 0.6) is 5.75 Å². The summed E-state index contributed by atoms with van der Waals surface area (Å²) < 4.78 is 0. The molecule has 0 aromatic heterocycles. The van der Waals surface area contributed by atoms with Crippen molar-refractivity contribution in [2.24, 2.45) is 10.2 Å². The Kier molecular flexibility index (Phi) is 6.00. The maximum atomic E-state index is 13.2. The summed E-state index contributed by atoms with van der Waals surface area (Å²) in [6.07, 6.45) is 0. The minimum Gasteiger partial charge on any atom is -0.870 e. The van der Waals surface area contributed by atoms with Crippen LogP contribution in [0, 0.1) is 0 Å². The standard InChI is InChI=1S/C25H17N3O6/c29-22-20(23(30)26-17-7-2-1-3-8-17)13-14-6-4-5-9-19(14)21(22)28-27-18-11-15(24(31)32)10-16(12-18)25(33)34/h1-13,29H,(H,26,30)(H,31,32)(H,33,34)/p-1. The normalized spacial score (nSPS) is 10.9. The lowest BCUT2D eigenvalue weighted by Crippen LogP contribution is -2.14. The summed E-state index contributed by atoms with van der Waals surface area (Å²) >= 11 is 0. The average Bonchev–Trinajstić information content (AvgIpc) is 2.83. The van der Waals surface area contributed by atoms with Crippen LogP contribution >= 0.6 is 0 Å². The Bertz CT molecular complexity index is 1430. The second-order valence-corrected chi connectivity index (χ2v) is 7.22. The molecule has 9 nitrogen and oxygen atoms in total. The maximum Gasteiger partial charge on any atom is 0.335 e. The Hall–Kier alpha value is -5.05. The number of carbonyl (C=O) groups is 3. The zero-order valence-corrected chi connectivity index (χ0v) is 17.4. The number of rotatable bonds is 6. The second-order valence-electron chi connectivity index (χ2n) is 7.22. The highest BCUT2D eigenvalue weighted by Gasteiger charge is 2.14. The van der Waals surface area contributed by atoms with Crippen LogP contribution < -0.4 is 10.4 Å². The number of carboxylic acids is 2. The summed E-state index contributed by atoms with van der Waals surface area (Å²) in [5.41, 5.74) is -0.431. The van der Waals surface area contributed by atoms with Crippen molar-refractivity contribution in [3.63, 3.8) is 0 Å². The zero-order valence-electron chi connectivity index (χ0n) is 17.4. The molecule has 0 heterocycles. The highest BCUT2D eigenvalue weighted by Crippen LogP contribution is 2.38. The van der Waals surface area contributed by atoms with E-state index in [1.807, 2.05) is 0 Å². The number of benzene rings is 4. The lowest BCUT2D eigenvalue weighted by molar-refractivity contribution is -0.267. The molecule has 4 aromatic rings. The molecule has 0 spiro atoms. The van der Waals surface area contributed by atoms with Crippen LogP contribution in [0.2, 0.25) is 0 Å². The van der Waals surface area contributed by atoms with Crippen LogP contribution in [0.15, 0.2) is 89.1 Å². The van der Waals surface area contributed by atoms with Crippen molar-refractivity contribution in [3.8, 4) is 5.75 Å². The van der Waals surface area contributed by atoms with Gasteiger partial charge < -0.3 is 20.6 Å². The number of hydrogen-bond donors (Lipinski definition) is 3. The predicted molar refractivity (Wildman–Crippen MR) is 122 cm³/mol. The van der Waals surface area contributed by atoms with Gasteiger partial charge in [0.1, 0.15) is 0 Å². The van der Waals surface area contributed by atoms with Gasteiger partial charge in [-0.2, -0.15) is 10.2 Å². The highest BCUT2D eigenvalue weighted by atomic mass is 16.4. The van der Waals surface area contributed by atoms with Gasteiger partial charge in [0.05, 0.1) is 22.5 Å². The number of fused-ring (bicyclic) bond motifs is 1. The lowest BCUT2D eigenvalue weighted by atomic mass is 10.0. The number of carbonyl (C=O) groups excluding carboxylic acids is 1. The smallest absolute Gasteiger partial charge is 0.335 e. The third-order valence-corrected chi connectivity index (χ3v) is 4.93. The van der Waals surface area contributed by atoms with Gasteiger partial charge in [-0.3, -0.25) is 4.79 Å². The minimum atomic E-state index is -1.34. The van der Waals surface area contributed by atoms with Crippen LogP contribution in [0.3, 0.4) is 0 Å². The summed E-state index contributed by atoms with van der Waals surface area (Å²) in [4.78, 5) is 35.5. The topological polar surface area (TPSA) is 151 Å². The van der Waals surface area contributed by atoms with E-state index < -0.39 is 23.6 Å². The van der Waals surface area contributed by atoms with E-state index in [4.69, 9.17) is 0 Å². The van der Waals surface area contributed by atoms with Gasteiger partial charge in [-0.15, -0.1) is 0 Å². The van der Waals surface area contributed by atoms with Crippen LogP contribution in [0.25, 0.3) is 10.8 Å². The summed E-state index contributed by atoms with van der Waals surface area (Å²) in [6.45, 7) is 0. The molecule has 0 saturated carbocycles. The van der Waals surface area contributed by atoms with Crippen molar-refractivity contribution in [1.82, 2.24) is 0 Å². The molecule has 4 aromatic carbocycles. The number of azo groups is 1.